The molecule has 1 N–H and O–H groups in total. The average Bonchev–Trinajstić information content (AvgIpc) is 3.53. The summed E-state index contributed by atoms with van der Waals surface area (Å²) in [4.78, 5) is 38.1. The molecule has 2 aliphatic rings. The topological polar surface area (TPSA) is 118 Å². The molecule has 2 atom stereocenters. The second kappa shape index (κ2) is 9.78. The molecule has 168 valence electrons. The summed E-state index contributed by atoms with van der Waals surface area (Å²) in [7, 11) is 0. The number of aromatic nitrogens is 2. The number of ether oxygens (including phenoxy) is 1. The Morgan fingerprint density at radius 3 is 2.74 bits per heavy atom. The average molecular weight is 432 g/mol. The summed E-state index contributed by atoms with van der Waals surface area (Å²) in [6, 6.07) is 5.34. The number of amides is 2. The van der Waals surface area contributed by atoms with Crippen molar-refractivity contribution in [2.24, 2.45) is 11.3 Å². The zero-order valence-electron chi connectivity index (χ0n) is 17.8. The van der Waals surface area contributed by atoms with Crippen LogP contribution in [0.1, 0.15) is 30.2 Å². The monoisotopic (exact) mass is 432 g/mol. The van der Waals surface area contributed by atoms with Crippen LogP contribution in [-0.4, -0.2) is 82.4 Å². The SMILES string of the molecule is CCN(CC)C(=O)[C@@]12COC[C@@H]1CN(C(=O)c1ccc(Cn3cccn3)o1)C2.O=CO. The molecule has 0 aromatic carbocycles. The highest BCUT2D eigenvalue weighted by Gasteiger charge is 2.57. The van der Waals surface area contributed by atoms with Gasteiger partial charge in [0.1, 0.15) is 5.76 Å². The van der Waals surface area contributed by atoms with Crippen molar-refractivity contribution in [2.45, 2.75) is 20.4 Å². The molecule has 0 aliphatic carbocycles. The highest BCUT2D eigenvalue weighted by Crippen LogP contribution is 2.43. The van der Waals surface area contributed by atoms with Crippen molar-refractivity contribution in [1.82, 2.24) is 19.6 Å². The van der Waals surface area contributed by atoms with Crippen LogP contribution in [0.5, 0.6) is 0 Å². The largest absolute Gasteiger partial charge is 0.483 e. The first-order valence-corrected chi connectivity index (χ1v) is 10.3. The van der Waals surface area contributed by atoms with Crippen LogP contribution in [-0.2, 0) is 20.9 Å². The quantitative estimate of drug-likeness (QED) is 0.681. The molecular weight excluding hydrogens is 404 g/mol. The summed E-state index contributed by atoms with van der Waals surface area (Å²) in [5.74, 6) is 0.919. The van der Waals surface area contributed by atoms with Crippen LogP contribution in [0.25, 0.3) is 0 Å². The Kier molecular flexibility index (Phi) is 7.11. The first-order valence-electron chi connectivity index (χ1n) is 10.3. The van der Waals surface area contributed by atoms with Crippen LogP contribution in [0, 0.1) is 11.3 Å². The van der Waals surface area contributed by atoms with Gasteiger partial charge in [-0.15, -0.1) is 0 Å². The van der Waals surface area contributed by atoms with E-state index >= 15 is 0 Å². The minimum Gasteiger partial charge on any atom is -0.483 e. The Balaban J connectivity index is 0.000000858. The first kappa shape index (κ1) is 22.5. The first-order chi connectivity index (χ1) is 15.0. The maximum absolute atomic E-state index is 13.2. The fourth-order valence-electron chi connectivity index (χ4n) is 4.31. The van der Waals surface area contributed by atoms with Gasteiger partial charge in [0.2, 0.25) is 5.91 Å². The second-order valence-corrected chi connectivity index (χ2v) is 7.61. The predicted octanol–water partition coefficient (Wildman–Crippen LogP) is 1.18. The van der Waals surface area contributed by atoms with Gasteiger partial charge in [0.05, 0.1) is 25.2 Å². The molecule has 0 bridgehead atoms. The van der Waals surface area contributed by atoms with Crippen LogP contribution in [0.2, 0.25) is 0 Å². The summed E-state index contributed by atoms with van der Waals surface area (Å²) < 4.78 is 13.1. The van der Waals surface area contributed by atoms with Crippen molar-refractivity contribution in [1.29, 1.82) is 0 Å². The summed E-state index contributed by atoms with van der Waals surface area (Å²) in [5.41, 5.74) is -0.633. The maximum Gasteiger partial charge on any atom is 0.290 e. The number of fused-ring (bicyclic) bond motifs is 1. The summed E-state index contributed by atoms with van der Waals surface area (Å²) >= 11 is 0. The third-order valence-corrected chi connectivity index (χ3v) is 5.89. The summed E-state index contributed by atoms with van der Waals surface area (Å²) in [5, 5.41) is 11.0. The number of hydrogen-bond acceptors (Lipinski definition) is 6. The number of carbonyl (C=O) groups is 3. The fraction of sp³-hybridized carbons (Fsp3) is 0.524. The molecule has 2 aromatic rings. The molecule has 10 heteroatoms. The van der Waals surface area contributed by atoms with Crippen molar-refractivity contribution >= 4 is 18.3 Å². The number of carboxylic acid groups (broad SMARTS) is 1. The van der Waals surface area contributed by atoms with Gasteiger partial charge in [-0.1, -0.05) is 0 Å². The van der Waals surface area contributed by atoms with Gasteiger partial charge in [-0.3, -0.25) is 19.1 Å². The molecule has 4 heterocycles. The van der Waals surface area contributed by atoms with Crippen molar-refractivity contribution in [3.8, 4) is 0 Å². The fourth-order valence-corrected chi connectivity index (χ4v) is 4.31. The van der Waals surface area contributed by atoms with Gasteiger partial charge in [-0.25, -0.2) is 0 Å². The van der Waals surface area contributed by atoms with E-state index in [0.29, 0.717) is 57.5 Å². The van der Waals surface area contributed by atoms with Gasteiger partial charge >= 0.3 is 0 Å². The molecule has 0 unspecified atom stereocenters. The van der Waals surface area contributed by atoms with Gasteiger partial charge in [0, 0.05) is 44.5 Å². The van der Waals surface area contributed by atoms with E-state index in [9.17, 15) is 9.59 Å². The molecule has 4 rings (SSSR count). The Labute approximate surface area is 180 Å². The third kappa shape index (κ3) is 4.48. The van der Waals surface area contributed by atoms with E-state index in [1.165, 1.54) is 0 Å². The van der Waals surface area contributed by atoms with Crippen molar-refractivity contribution in [3.63, 3.8) is 0 Å². The molecule has 31 heavy (non-hydrogen) atoms. The van der Waals surface area contributed by atoms with Gasteiger partial charge < -0.3 is 24.1 Å². The van der Waals surface area contributed by atoms with Crippen LogP contribution >= 0.6 is 0 Å². The smallest absolute Gasteiger partial charge is 0.290 e. The van der Waals surface area contributed by atoms with E-state index in [-0.39, 0.29) is 24.2 Å². The summed E-state index contributed by atoms with van der Waals surface area (Å²) in [6.07, 6.45) is 3.54. The van der Waals surface area contributed by atoms with Crippen molar-refractivity contribution < 1.29 is 28.6 Å². The lowest BCUT2D eigenvalue weighted by Gasteiger charge is -2.32. The maximum atomic E-state index is 13.2. The van der Waals surface area contributed by atoms with E-state index in [1.807, 2.05) is 31.0 Å². The molecule has 10 nitrogen and oxygen atoms in total. The number of nitrogens with zero attached hydrogens (tertiary/aromatic N) is 4. The number of likely N-dealkylation sites (tertiary alicyclic amines) is 1. The molecule has 0 radical (unpaired) electrons. The van der Waals surface area contributed by atoms with Crippen molar-refractivity contribution in [2.75, 3.05) is 39.4 Å². The molecule has 2 saturated heterocycles. The number of furan rings is 1. The van der Waals surface area contributed by atoms with Crippen LogP contribution in [0.4, 0.5) is 0 Å². The lowest BCUT2D eigenvalue weighted by Crippen LogP contribution is -2.49. The lowest BCUT2D eigenvalue weighted by molar-refractivity contribution is -0.142. The molecule has 0 saturated carbocycles. The highest BCUT2D eigenvalue weighted by atomic mass is 16.5. The van der Waals surface area contributed by atoms with E-state index < -0.39 is 5.41 Å². The van der Waals surface area contributed by atoms with Gasteiger partial charge in [-0.2, -0.15) is 5.10 Å². The number of hydrogen-bond donors (Lipinski definition) is 1. The van der Waals surface area contributed by atoms with E-state index in [0.717, 1.165) is 0 Å². The molecule has 0 spiro atoms. The minimum absolute atomic E-state index is 0.0306. The van der Waals surface area contributed by atoms with Gasteiger partial charge in [-0.05, 0) is 32.0 Å². The number of rotatable bonds is 6. The predicted molar refractivity (Wildman–Crippen MR) is 109 cm³/mol. The van der Waals surface area contributed by atoms with Crippen LogP contribution in [0.3, 0.4) is 0 Å². The Bertz CT molecular complexity index is 892. The third-order valence-electron chi connectivity index (χ3n) is 5.89. The molecule has 2 fully saturated rings. The minimum atomic E-state index is -0.633. The van der Waals surface area contributed by atoms with E-state index in [2.05, 4.69) is 5.10 Å². The van der Waals surface area contributed by atoms with E-state index in [4.69, 9.17) is 19.1 Å². The Morgan fingerprint density at radius 2 is 2.10 bits per heavy atom. The normalized spacial score (nSPS) is 21.9. The highest BCUT2D eigenvalue weighted by molar-refractivity contribution is 5.93. The molecule has 2 aliphatic heterocycles. The molecular formula is C21H28N4O6. The van der Waals surface area contributed by atoms with Gasteiger partial charge in [0.25, 0.3) is 12.4 Å². The van der Waals surface area contributed by atoms with Crippen molar-refractivity contribution in [3.05, 3.63) is 42.1 Å². The Hall–Kier alpha value is -3.14. The molecule has 2 aromatic heterocycles. The lowest BCUT2D eigenvalue weighted by atomic mass is 9.79. The molecule has 2 amide bonds. The zero-order chi connectivity index (χ0) is 22.4. The zero-order valence-corrected chi connectivity index (χ0v) is 17.8. The second-order valence-electron chi connectivity index (χ2n) is 7.61. The standard InChI is InChI=1S/C20H26N4O4.CH2O2/c1-3-22(4-2)19(26)20-13-23(10-15(20)12-27-14-20)18(25)17-7-6-16(28-17)11-24-9-5-8-21-24;2-1-3/h5-9,15H,3-4,10-14H2,1-2H3;1H,(H,2,3)/t15-,20-;/m0./s1. The van der Waals surface area contributed by atoms with Crippen LogP contribution in [0.15, 0.2) is 35.0 Å². The Morgan fingerprint density at radius 1 is 1.35 bits per heavy atom. The number of carbonyl (C=O) groups excluding carboxylic acids is 2. The van der Waals surface area contributed by atoms with E-state index in [1.54, 1.807) is 27.9 Å². The van der Waals surface area contributed by atoms with Gasteiger partial charge in [0.15, 0.2) is 5.76 Å². The van der Waals surface area contributed by atoms with Crippen LogP contribution < -0.4 is 0 Å². The summed E-state index contributed by atoms with van der Waals surface area (Å²) in [6.45, 7) is 7.27.